The molecule has 1 aromatic heterocycles. The summed E-state index contributed by atoms with van der Waals surface area (Å²) in [7, 11) is -3.59. The van der Waals surface area contributed by atoms with E-state index in [1.807, 2.05) is 0 Å². The average molecular weight is 359 g/mol. The highest BCUT2D eigenvalue weighted by Crippen LogP contribution is 2.26. The number of rotatable bonds is 5. The van der Waals surface area contributed by atoms with Crippen molar-refractivity contribution < 1.29 is 8.42 Å². The summed E-state index contributed by atoms with van der Waals surface area (Å²) in [6, 6.07) is 3.22. The molecule has 0 aliphatic carbocycles. The predicted molar refractivity (Wildman–Crippen MR) is 80.8 cm³/mol. The van der Waals surface area contributed by atoms with Crippen molar-refractivity contribution in [3.8, 4) is 0 Å². The fourth-order valence-corrected chi connectivity index (χ4v) is 3.73. The van der Waals surface area contributed by atoms with Gasteiger partial charge in [0.05, 0.1) is 4.90 Å². The van der Waals surface area contributed by atoms with E-state index in [9.17, 15) is 8.42 Å². The van der Waals surface area contributed by atoms with Crippen LogP contribution in [0.4, 0.5) is 5.69 Å². The van der Waals surface area contributed by atoms with Crippen LogP contribution in [0.3, 0.4) is 0 Å². The second-order valence-electron chi connectivity index (χ2n) is 4.30. The van der Waals surface area contributed by atoms with Gasteiger partial charge in [-0.05, 0) is 24.6 Å². The van der Waals surface area contributed by atoms with Crippen LogP contribution in [0.1, 0.15) is 11.4 Å². The SMILES string of the molecule is Cc1c(N)cc(Br)cc1S(=O)(=O)NCCc1ncc[nH]1. The first-order valence-corrected chi connectivity index (χ1v) is 8.21. The third kappa shape index (κ3) is 3.38. The van der Waals surface area contributed by atoms with Crippen molar-refractivity contribution in [2.24, 2.45) is 0 Å². The van der Waals surface area contributed by atoms with Crippen LogP contribution in [0, 0.1) is 6.92 Å². The van der Waals surface area contributed by atoms with Crippen LogP contribution in [0.5, 0.6) is 0 Å². The standard InChI is InChI=1S/C12H15BrN4O2S/c1-8-10(14)6-9(13)7-11(8)20(18,19)17-3-2-12-15-4-5-16-12/h4-7,17H,2-3,14H2,1H3,(H,15,16). The Hall–Kier alpha value is -1.38. The molecule has 0 aliphatic heterocycles. The van der Waals surface area contributed by atoms with E-state index >= 15 is 0 Å². The quantitative estimate of drug-likeness (QED) is 0.706. The molecule has 2 rings (SSSR count). The molecule has 1 heterocycles. The molecule has 20 heavy (non-hydrogen) atoms. The van der Waals surface area contributed by atoms with Crippen molar-refractivity contribution in [1.82, 2.24) is 14.7 Å². The maximum Gasteiger partial charge on any atom is 0.240 e. The van der Waals surface area contributed by atoms with Crippen molar-refractivity contribution in [2.45, 2.75) is 18.2 Å². The first-order chi connectivity index (χ1) is 9.40. The largest absolute Gasteiger partial charge is 0.398 e. The van der Waals surface area contributed by atoms with Gasteiger partial charge in [0.15, 0.2) is 0 Å². The Morgan fingerprint density at radius 3 is 2.85 bits per heavy atom. The highest BCUT2D eigenvalue weighted by molar-refractivity contribution is 9.10. The number of nitrogens with zero attached hydrogens (tertiary/aromatic N) is 1. The highest BCUT2D eigenvalue weighted by Gasteiger charge is 2.18. The average Bonchev–Trinajstić information content (AvgIpc) is 2.86. The second-order valence-corrected chi connectivity index (χ2v) is 6.95. The number of imidazole rings is 1. The van der Waals surface area contributed by atoms with Crippen LogP contribution in [0.15, 0.2) is 33.9 Å². The first-order valence-electron chi connectivity index (χ1n) is 5.93. The molecule has 0 bridgehead atoms. The number of sulfonamides is 1. The van der Waals surface area contributed by atoms with Gasteiger partial charge >= 0.3 is 0 Å². The number of anilines is 1. The molecular formula is C12H15BrN4O2S. The van der Waals surface area contributed by atoms with Crippen molar-refractivity contribution in [3.63, 3.8) is 0 Å². The Labute approximate surface area is 126 Å². The van der Waals surface area contributed by atoms with E-state index in [0.29, 0.717) is 22.1 Å². The summed E-state index contributed by atoms with van der Waals surface area (Å²) in [6.07, 6.45) is 3.82. The van der Waals surface area contributed by atoms with Gasteiger partial charge in [0.25, 0.3) is 0 Å². The molecule has 0 atom stereocenters. The van der Waals surface area contributed by atoms with Gasteiger partial charge in [-0.1, -0.05) is 15.9 Å². The highest BCUT2D eigenvalue weighted by atomic mass is 79.9. The number of hydrogen-bond acceptors (Lipinski definition) is 4. The Balaban J connectivity index is 2.14. The molecule has 108 valence electrons. The van der Waals surface area contributed by atoms with Crippen LogP contribution in [0.25, 0.3) is 0 Å². The summed E-state index contributed by atoms with van der Waals surface area (Å²) in [4.78, 5) is 7.14. The minimum Gasteiger partial charge on any atom is -0.398 e. The van der Waals surface area contributed by atoms with E-state index in [2.05, 4.69) is 30.6 Å². The molecule has 6 nitrogen and oxygen atoms in total. The van der Waals surface area contributed by atoms with E-state index in [4.69, 9.17) is 5.73 Å². The molecule has 0 radical (unpaired) electrons. The topological polar surface area (TPSA) is 101 Å². The zero-order chi connectivity index (χ0) is 14.8. The lowest BCUT2D eigenvalue weighted by molar-refractivity contribution is 0.580. The van der Waals surface area contributed by atoms with Crippen LogP contribution < -0.4 is 10.5 Å². The summed E-state index contributed by atoms with van der Waals surface area (Å²) >= 11 is 3.25. The van der Waals surface area contributed by atoms with E-state index in [1.54, 1.807) is 31.5 Å². The lowest BCUT2D eigenvalue weighted by Crippen LogP contribution is -2.27. The summed E-state index contributed by atoms with van der Waals surface area (Å²) in [5, 5.41) is 0. The Bertz CT molecular complexity index is 698. The van der Waals surface area contributed by atoms with Gasteiger partial charge in [0.1, 0.15) is 5.82 Å². The molecule has 0 unspecified atom stereocenters. The minimum absolute atomic E-state index is 0.184. The number of hydrogen-bond donors (Lipinski definition) is 3. The van der Waals surface area contributed by atoms with Crippen molar-refractivity contribution >= 4 is 31.6 Å². The number of H-pyrrole nitrogens is 1. The van der Waals surface area contributed by atoms with Crippen LogP contribution >= 0.6 is 15.9 Å². The van der Waals surface area contributed by atoms with Gasteiger partial charge in [-0.15, -0.1) is 0 Å². The monoisotopic (exact) mass is 358 g/mol. The zero-order valence-electron chi connectivity index (χ0n) is 10.9. The fourth-order valence-electron chi connectivity index (χ4n) is 1.77. The lowest BCUT2D eigenvalue weighted by atomic mass is 10.2. The summed E-state index contributed by atoms with van der Waals surface area (Å²) in [6.45, 7) is 1.95. The molecular weight excluding hydrogens is 344 g/mol. The molecule has 0 aliphatic rings. The first kappa shape index (κ1) is 15.0. The Kier molecular flexibility index (Phi) is 4.46. The molecule has 4 N–H and O–H groups in total. The number of nitrogen functional groups attached to an aromatic ring is 1. The second kappa shape index (κ2) is 5.94. The van der Waals surface area contributed by atoms with Gasteiger partial charge in [-0.3, -0.25) is 0 Å². The lowest BCUT2D eigenvalue weighted by Gasteiger charge is -2.11. The Morgan fingerprint density at radius 1 is 1.45 bits per heavy atom. The molecule has 0 spiro atoms. The number of nitrogens with two attached hydrogens (primary N) is 1. The fraction of sp³-hybridized carbons (Fsp3) is 0.250. The number of benzene rings is 1. The van der Waals surface area contributed by atoms with Crippen LogP contribution in [-0.4, -0.2) is 24.9 Å². The van der Waals surface area contributed by atoms with E-state index in [1.165, 1.54) is 0 Å². The van der Waals surface area contributed by atoms with Crippen molar-refractivity contribution in [3.05, 3.63) is 40.4 Å². The molecule has 0 fully saturated rings. The molecule has 0 amide bonds. The Morgan fingerprint density at radius 2 is 2.20 bits per heavy atom. The molecule has 2 aromatic rings. The summed E-state index contributed by atoms with van der Waals surface area (Å²) < 4.78 is 27.7. The van der Waals surface area contributed by atoms with Gasteiger partial charge in [0.2, 0.25) is 10.0 Å². The van der Waals surface area contributed by atoms with E-state index in [-0.39, 0.29) is 11.4 Å². The molecule has 8 heteroatoms. The number of halogens is 1. The predicted octanol–water partition coefficient (Wildman–Crippen LogP) is 1.58. The zero-order valence-corrected chi connectivity index (χ0v) is 13.3. The molecule has 0 saturated carbocycles. The van der Waals surface area contributed by atoms with E-state index in [0.717, 1.165) is 5.82 Å². The van der Waals surface area contributed by atoms with Gasteiger partial charge < -0.3 is 10.7 Å². The third-order valence-corrected chi connectivity index (χ3v) is 4.91. The maximum atomic E-state index is 12.3. The summed E-state index contributed by atoms with van der Waals surface area (Å²) in [5.74, 6) is 0.734. The van der Waals surface area contributed by atoms with Crippen molar-refractivity contribution in [2.75, 3.05) is 12.3 Å². The van der Waals surface area contributed by atoms with Crippen LogP contribution in [-0.2, 0) is 16.4 Å². The maximum absolute atomic E-state index is 12.3. The van der Waals surface area contributed by atoms with E-state index < -0.39 is 10.0 Å². The summed E-state index contributed by atoms with van der Waals surface area (Å²) in [5.41, 5.74) is 6.76. The third-order valence-electron chi connectivity index (χ3n) is 2.86. The molecule has 0 saturated heterocycles. The number of nitrogens with one attached hydrogen (secondary N) is 2. The van der Waals surface area contributed by atoms with Crippen LogP contribution in [0.2, 0.25) is 0 Å². The normalized spacial score (nSPS) is 11.7. The number of aromatic amines is 1. The van der Waals surface area contributed by atoms with Gasteiger partial charge in [-0.2, -0.15) is 0 Å². The number of aromatic nitrogens is 2. The minimum atomic E-state index is -3.59. The smallest absolute Gasteiger partial charge is 0.240 e. The van der Waals surface area contributed by atoms with Gasteiger partial charge in [-0.25, -0.2) is 18.1 Å². The van der Waals surface area contributed by atoms with Gasteiger partial charge in [0, 0.05) is 35.5 Å². The van der Waals surface area contributed by atoms with Crippen molar-refractivity contribution in [1.29, 1.82) is 0 Å². The molecule has 1 aromatic carbocycles.